The second-order valence-electron chi connectivity index (χ2n) is 7.56. The number of halogens is 1. The van der Waals surface area contributed by atoms with Crippen LogP contribution < -0.4 is 10.1 Å². The second-order valence-corrected chi connectivity index (χ2v) is 7.56. The van der Waals surface area contributed by atoms with Gasteiger partial charge in [0.15, 0.2) is 5.96 Å². The molecule has 2 N–H and O–H groups in total. The number of rotatable bonds is 5. The molecule has 0 saturated carbocycles. The molecule has 1 aliphatic rings. The Kier molecular flexibility index (Phi) is 8.27. The van der Waals surface area contributed by atoms with Gasteiger partial charge >= 0.3 is 0 Å². The quantitative estimate of drug-likeness (QED) is 0.288. The van der Waals surface area contributed by atoms with Crippen molar-refractivity contribution in [3.05, 3.63) is 71.8 Å². The van der Waals surface area contributed by atoms with Crippen molar-refractivity contribution in [3.63, 3.8) is 0 Å². The number of guanidine groups is 1. The number of hydrogen-bond donors (Lipinski definition) is 2. The molecule has 0 amide bonds. The number of likely N-dealkylation sites (tertiary alicyclic amines) is 1. The monoisotopic (exact) mass is 532 g/mol. The van der Waals surface area contributed by atoms with Crippen molar-refractivity contribution >= 4 is 29.9 Å². The van der Waals surface area contributed by atoms with Crippen LogP contribution >= 0.6 is 24.0 Å². The van der Waals surface area contributed by atoms with Crippen molar-refractivity contribution in [3.8, 4) is 11.5 Å². The highest BCUT2D eigenvalue weighted by atomic mass is 127. The van der Waals surface area contributed by atoms with Crippen LogP contribution in [0.25, 0.3) is 0 Å². The molecule has 7 nitrogen and oxygen atoms in total. The summed E-state index contributed by atoms with van der Waals surface area (Å²) >= 11 is 0. The highest BCUT2D eigenvalue weighted by Crippen LogP contribution is 2.27. The van der Waals surface area contributed by atoms with Gasteiger partial charge in [0.05, 0.1) is 0 Å². The Morgan fingerprint density at radius 2 is 1.90 bits per heavy atom. The first-order valence-electron chi connectivity index (χ1n) is 10.4. The number of para-hydroxylation sites is 1. The summed E-state index contributed by atoms with van der Waals surface area (Å²) in [4.78, 5) is 11.1. The zero-order valence-electron chi connectivity index (χ0n) is 17.9. The third kappa shape index (κ3) is 5.96. The minimum absolute atomic E-state index is 0. The highest BCUT2D eigenvalue weighted by molar-refractivity contribution is 14.0. The number of hydrogen-bond acceptors (Lipinski definition) is 4. The van der Waals surface area contributed by atoms with E-state index in [1.165, 1.54) is 5.56 Å². The van der Waals surface area contributed by atoms with E-state index in [-0.39, 0.29) is 24.0 Å². The molecule has 1 aromatic heterocycles. The van der Waals surface area contributed by atoms with Gasteiger partial charge in [0.25, 0.3) is 0 Å². The first kappa shape index (κ1) is 23.1. The van der Waals surface area contributed by atoms with E-state index in [2.05, 4.69) is 55.5 Å². The molecule has 8 heteroatoms. The number of nitrogens with one attached hydrogen (secondary N) is 2. The zero-order valence-corrected chi connectivity index (χ0v) is 20.2. The van der Waals surface area contributed by atoms with Crippen LogP contribution in [-0.2, 0) is 6.54 Å². The number of aromatic amines is 1. The summed E-state index contributed by atoms with van der Waals surface area (Å²) < 4.78 is 6.12. The summed E-state index contributed by atoms with van der Waals surface area (Å²) in [6, 6.07) is 16.2. The molecule has 0 atom stereocenters. The molecule has 1 fully saturated rings. The summed E-state index contributed by atoms with van der Waals surface area (Å²) in [6.07, 6.45) is 3.64. The first-order valence-corrected chi connectivity index (χ1v) is 10.4. The summed E-state index contributed by atoms with van der Waals surface area (Å²) in [5.41, 5.74) is 2.31. The van der Waals surface area contributed by atoms with Gasteiger partial charge in [0.1, 0.15) is 23.7 Å². The minimum Gasteiger partial charge on any atom is -0.457 e. The van der Waals surface area contributed by atoms with Crippen molar-refractivity contribution < 1.29 is 4.74 Å². The summed E-state index contributed by atoms with van der Waals surface area (Å²) in [5, 5.41) is 10.5. The lowest BCUT2D eigenvalue weighted by molar-refractivity contribution is 0.298. The molecule has 4 rings (SSSR count). The van der Waals surface area contributed by atoms with Crippen LogP contribution in [0, 0.1) is 6.92 Å². The molecule has 0 radical (unpaired) electrons. The third-order valence-corrected chi connectivity index (χ3v) is 5.49. The molecule has 0 bridgehead atoms. The maximum Gasteiger partial charge on any atom is 0.193 e. The van der Waals surface area contributed by atoms with E-state index in [1.54, 1.807) is 6.33 Å². The molecule has 1 aliphatic heterocycles. The predicted octanol–water partition coefficient (Wildman–Crippen LogP) is 4.48. The van der Waals surface area contributed by atoms with Crippen molar-refractivity contribution in [1.82, 2.24) is 25.4 Å². The maximum absolute atomic E-state index is 6.12. The number of aliphatic imine (C=N–C) groups is 1. The summed E-state index contributed by atoms with van der Waals surface area (Å²) in [6.45, 7) is 4.59. The Bertz CT molecular complexity index is 966. The maximum atomic E-state index is 6.12. The van der Waals surface area contributed by atoms with Crippen molar-refractivity contribution in [2.45, 2.75) is 32.2 Å². The Labute approximate surface area is 200 Å². The molecule has 164 valence electrons. The van der Waals surface area contributed by atoms with Gasteiger partial charge in [-0.1, -0.05) is 35.9 Å². The number of benzene rings is 2. The number of H-pyrrole nitrogens is 1. The molecule has 3 aromatic rings. The van der Waals surface area contributed by atoms with E-state index in [0.717, 1.165) is 54.8 Å². The average molecular weight is 532 g/mol. The van der Waals surface area contributed by atoms with Crippen LogP contribution in [0.1, 0.15) is 35.7 Å². The van der Waals surface area contributed by atoms with Gasteiger partial charge in [-0.2, -0.15) is 5.10 Å². The van der Waals surface area contributed by atoms with Gasteiger partial charge in [-0.15, -0.1) is 24.0 Å². The van der Waals surface area contributed by atoms with Gasteiger partial charge in [-0.25, -0.2) is 4.98 Å². The molecule has 2 aromatic carbocycles. The van der Waals surface area contributed by atoms with Crippen LogP contribution in [0.15, 0.2) is 59.9 Å². The highest BCUT2D eigenvalue weighted by Gasteiger charge is 2.24. The SMILES string of the molecule is CN=C(NCc1ccccc1Oc1ccc(C)cc1)N1CCC(c2ncn[nH]2)CC1.I. The molecule has 0 spiro atoms. The number of ether oxygens (including phenoxy) is 1. The van der Waals surface area contributed by atoms with Gasteiger partial charge in [0.2, 0.25) is 0 Å². The largest absolute Gasteiger partial charge is 0.457 e. The van der Waals surface area contributed by atoms with Gasteiger partial charge in [-0.05, 0) is 38.0 Å². The fraction of sp³-hybridized carbons (Fsp3) is 0.348. The number of aromatic nitrogens is 3. The lowest BCUT2D eigenvalue weighted by atomic mass is 9.96. The first-order chi connectivity index (χ1) is 14.7. The second kappa shape index (κ2) is 11.1. The van der Waals surface area contributed by atoms with Crippen LogP contribution in [0.5, 0.6) is 11.5 Å². The van der Waals surface area contributed by atoms with Crippen LogP contribution in [0.3, 0.4) is 0 Å². The molecule has 1 saturated heterocycles. The number of piperidine rings is 1. The topological polar surface area (TPSA) is 78.4 Å². The minimum atomic E-state index is 0. The standard InChI is InChI=1S/C23H28N6O.HI/c1-17-7-9-20(10-8-17)30-21-6-4-3-5-19(21)15-25-23(24-2)29-13-11-18(12-14-29)22-26-16-27-28-22;/h3-10,16,18H,11-15H2,1-2H3,(H,24,25)(H,26,27,28);1H. The van der Waals surface area contributed by atoms with Crippen molar-refractivity contribution in [2.24, 2.45) is 4.99 Å². The fourth-order valence-corrected chi connectivity index (χ4v) is 3.77. The Morgan fingerprint density at radius 1 is 1.16 bits per heavy atom. The van der Waals surface area contributed by atoms with Crippen molar-refractivity contribution in [1.29, 1.82) is 0 Å². The Balaban J connectivity index is 0.00000272. The van der Waals surface area contributed by atoms with Crippen LogP contribution in [0.2, 0.25) is 0 Å². The van der Waals surface area contributed by atoms with Gasteiger partial charge < -0.3 is 15.0 Å². The lowest BCUT2D eigenvalue weighted by Gasteiger charge is -2.33. The predicted molar refractivity (Wildman–Crippen MR) is 133 cm³/mol. The Hall–Kier alpha value is -2.62. The molecule has 31 heavy (non-hydrogen) atoms. The zero-order chi connectivity index (χ0) is 20.8. The molecular formula is C23H29IN6O. The number of aryl methyl sites for hydroxylation is 1. The normalized spacial score (nSPS) is 14.8. The van der Waals surface area contributed by atoms with Gasteiger partial charge in [0, 0.05) is 38.2 Å². The van der Waals surface area contributed by atoms with E-state index >= 15 is 0 Å². The van der Waals surface area contributed by atoms with Crippen LogP contribution in [0.4, 0.5) is 0 Å². The van der Waals surface area contributed by atoms with E-state index in [0.29, 0.717) is 12.5 Å². The molecule has 0 unspecified atom stereocenters. The van der Waals surface area contributed by atoms with Crippen molar-refractivity contribution in [2.75, 3.05) is 20.1 Å². The van der Waals surface area contributed by atoms with Crippen LogP contribution in [-0.4, -0.2) is 46.2 Å². The van der Waals surface area contributed by atoms with E-state index in [9.17, 15) is 0 Å². The molecular weight excluding hydrogens is 503 g/mol. The average Bonchev–Trinajstić information content (AvgIpc) is 3.32. The third-order valence-electron chi connectivity index (χ3n) is 5.49. The molecule has 2 heterocycles. The van der Waals surface area contributed by atoms with E-state index in [4.69, 9.17) is 4.74 Å². The number of nitrogens with zero attached hydrogens (tertiary/aromatic N) is 4. The lowest BCUT2D eigenvalue weighted by Crippen LogP contribution is -2.45. The van der Waals surface area contributed by atoms with E-state index in [1.807, 2.05) is 37.4 Å². The fourth-order valence-electron chi connectivity index (χ4n) is 3.77. The molecule has 0 aliphatic carbocycles. The Morgan fingerprint density at radius 3 is 2.58 bits per heavy atom. The van der Waals surface area contributed by atoms with E-state index < -0.39 is 0 Å². The van der Waals surface area contributed by atoms with Gasteiger partial charge in [-0.3, -0.25) is 10.1 Å². The summed E-state index contributed by atoms with van der Waals surface area (Å²) in [5.74, 6) is 4.03. The smallest absolute Gasteiger partial charge is 0.193 e. The summed E-state index contributed by atoms with van der Waals surface area (Å²) in [7, 11) is 1.83.